The first-order chi connectivity index (χ1) is 8.40. The largest absolute Gasteiger partial charge is 0.360 e. The summed E-state index contributed by atoms with van der Waals surface area (Å²) in [5, 5.41) is 10.8. The number of hydrogen-bond acceptors (Lipinski definition) is 5. The van der Waals surface area contributed by atoms with Gasteiger partial charge < -0.3 is 16.0 Å². The summed E-state index contributed by atoms with van der Waals surface area (Å²) < 4.78 is 1.23. The summed E-state index contributed by atoms with van der Waals surface area (Å²) in [5.41, 5.74) is 1.07. The third kappa shape index (κ3) is 3.66. The van der Waals surface area contributed by atoms with E-state index in [4.69, 9.17) is 0 Å². The van der Waals surface area contributed by atoms with Gasteiger partial charge in [0.15, 0.2) is 5.13 Å². The minimum absolute atomic E-state index is 0.906. The van der Waals surface area contributed by atoms with Crippen LogP contribution in [0.2, 0.25) is 0 Å². The number of nitrogens with one attached hydrogen (secondary N) is 3. The molecular formula is C12H18N4S. The van der Waals surface area contributed by atoms with Crippen LogP contribution in [0.15, 0.2) is 24.3 Å². The van der Waals surface area contributed by atoms with E-state index in [1.807, 2.05) is 25.2 Å². The topological polar surface area (TPSA) is 49.0 Å². The first-order valence-electron chi connectivity index (χ1n) is 5.85. The van der Waals surface area contributed by atoms with Gasteiger partial charge in [0.1, 0.15) is 0 Å². The quantitative estimate of drug-likeness (QED) is 0.652. The molecule has 0 amide bonds. The van der Waals surface area contributed by atoms with Crippen LogP contribution in [0.5, 0.6) is 0 Å². The van der Waals surface area contributed by atoms with Crippen LogP contribution in [0.4, 0.5) is 5.13 Å². The summed E-state index contributed by atoms with van der Waals surface area (Å²) >= 11 is 1.70. The Morgan fingerprint density at radius 3 is 2.76 bits per heavy atom. The van der Waals surface area contributed by atoms with Gasteiger partial charge in [0.2, 0.25) is 0 Å². The molecule has 17 heavy (non-hydrogen) atoms. The Morgan fingerprint density at radius 1 is 1.12 bits per heavy atom. The predicted octanol–water partition coefficient (Wildman–Crippen LogP) is 1.52. The SMILES string of the molecule is CNCCNCCNc1nc2ccccc2s1. The van der Waals surface area contributed by atoms with Crippen LogP contribution in [-0.4, -0.2) is 38.2 Å². The molecule has 1 heterocycles. The standard InChI is InChI=1S/C12H18N4S/c1-13-6-7-14-8-9-15-12-16-10-4-2-3-5-11(10)17-12/h2-5,13-14H,6-9H2,1H3,(H,15,16). The fourth-order valence-electron chi connectivity index (χ4n) is 1.54. The number of para-hydroxylation sites is 1. The predicted molar refractivity (Wildman–Crippen MR) is 74.9 cm³/mol. The molecule has 0 saturated heterocycles. The lowest BCUT2D eigenvalue weighted by atomic mass is 10.3. The van der Waals surface area contributed by atoms with Crippen molar-refractivity contribution in [3.63, 3.8) is 0 Å². The molecule has 1 aromatic carbocycles. The Hall–Kier alpha value is -1.17. The number of benzene rings is 1. The highest BCUT2D eigenvalue weighted by molar-refractivity contribution is 7.22. The average molecular weight is 250 g/mol. The van der Waals surface area contributed by atoms with Crippen molar-refractivity contribution in [2.75, 3.05) is 38.5 Å². The summed E-state index contributed by atoms with van der Waals surface area (Å²) in [4.78, 5) is 4.51. The van der Waals surface area contributed by atoms with Gasteiger partial charge in [-0.3, -0.25) is 0 Å². The van der Waals surface area contributed by atoms with Gasteiger partial charge >= 0.3 is 0 Å². The molecule has 0 saturated carbocycles. The lowest BCUT2D eigenvalue weighted by Crippen LogP contribution is -2.28. The third-order valence-electron chi connectivity index (χ3n) is 2.42. The summed E-state index contributed by atoms with van der Waals surface area (Å²) in [6, 6.07) is 8.21. The van der Waals surface area contributed by atoms with Gasteiger partial charge in [0.25, 0.3) is 0 Å². The Morgan fingerprint density at radius 2 is 1.94 bits per heavy atom. The maximum Gasteiger partial charge on any atom is 0.183 e. The lowest BCUT2D eigenvalue weighted by molar-refractivity contribution is 0.661. The van der Waals surface area contributed by atoms with Crippen molar-refractivity contribution in [2.45, 2.75) is 0 Å². The van der Waals surface area contributed by atoms with E-state index in [1.165, 1.54) is 4.70 Å². The lowest BCUT2D eigenvalue weighted by Gasteiger charge is -2.04. The molecule has 5 heteroatoms. The van der Waals surface area contributed by atoms with Crippen molar-refractivity contribution >= 4 is 26.7 Å². The van der Waals surface area contributed by atoms with Gasteiger partial charge in [-0.05, 0) is 19.2 Å². The van der Waals surface area contributed by atoms with Gasteiger partial charge in [-0.15, -0.1) is 0 Å². The summed E-state index contributed by atoms with van der Waals surface area (Å²) in [5.74, 6) is 0. The second kappa shape index (κ2) is 6.54. The molecular weight excluding hydrogens is 232 g/mol. The van der Waals surface area contributed by atoms with Crippen molar-refractivity contribution in [1.29, 1.82) is 0 Å². The Labute approximate surface area is 105 Å². The number of anilines is 1. The molecule has 0 atom stereocenters. The molecule has 0 aliphatic rings. The van der Waals surface area contributed by atoms with E-state index < -0.39 is 0 Å². The molecule has 1 aromatic heterocycles. The first-order valence-corrected chi connectivity index (χ1v) is 6.66. The van der Waals surface area contributed by atoms with Crippen LogP contribution >= 0.6 is 11.3 Å². The highest BCUT2D eigenvalue weighted by Gasteiger charge is 2.01. The monoisotopic (exact) mass is 250 g/mol. The van der Waals surface area contributed by atoms with Crippen LogP contribution in [-0.2, 0) is 0 Å². The van der Waals surface area contributed by atoms with Crippen molar-refractivity contribution in [3.8, 4) is 0 Å². The summed E-state index contributed by atoms with van der Waals surface area (Å²) in [6.07, 6.45) is 0. The molecule has 0 unspecified atom stereocenters. The molecule has 0 aliphatic heterocycles. The number of aromatic nitrogens is 1. The van der Waals surface area contributed by atoms with Gasteiger partial charge in [0.05, 0.1) is 10.2 Å². The molecule has 2 aromatic rings. The maximum absolute atomic E-state index is 4.51. The minimum Gasteiger partial charge on any atom is -0.360 e. The highest BCUT2D eigenvalue weighted by atomic mass is 32.1. The second-order valence-corrected chi connectivity index (χ2v) is 4.80. The summed E-state index contributed by atoms with van der Waals surface area (Å²) in [6.45, 7) is 3.86. The van der Waals surface area contributed by atoms with E-state index in [2.05, 4.69) is 27.0 Å². The number of likely N-dealkylation sites (N-methyl/N-ethyl adjacent to an activating group) is 1. The average Bonchev–Trinajstić information content (AvgIpc) is 2.76. The molecule has 0 spiro atoms. The summed E-state index contributed by atoms with van der Waals surface area (Å²) in [7, 11) is 1.96. The molecule has 4 nitrogen and oxygen atoms in total. The van der Waals surface area contributed by atoms with Gasteiger partial charge in [0, 0.05) is 26.2 Å². The zero-order chi connectivity index (χ0) is 11.9. The Balaban J connectivity index is 1.75. The molecule has 0 aliphatic carbocycles. The second-order valence-electron chi connectivity index (χ2n) is 3.77. The number of rotatable bonds is 7. The maximum atomic E-state index is 4.51. The van der Waals surface area contributed by atoms with Crippen LogP contribution in [0.1, 0.15) is 0 Å². The van der Waals surface area contributed by atoms with Gasteiger partial charge in [-0.25, -0.2) is 4.98 Å². The fraction of sp³-hybridized carbons (Fsp3) is 0.417. The number of fused-ring (bicyclic) bond motifs is 1. The Kier molecular flexibility index (Phi) is 4.73. The van der Waals surface area contributed by atoms with Crippen LogP contribution in [0.25, 0.3) is 10.2 Å². The highest BCUT2D eigenvalue weighted by Crippen LogP contribution is 2.24. The van der Waals surface area contributed by atoms with E-state index in [9.17, 15) is 0 Å². The smallest absolute Gasteiger partial charge is 0.183 e. The van der Waals surface area contributed by atoms with E-state index in [1.54, 1.807) is 11.3 Å². The molecule has 92 valence electrons. The van der Waals surface area contributed by atoms with Crippen molar-refractivity contribution < 1.29 is 0 Å². The van der Waals surface area contributed by atoms with Crippen LogP contribution in [0.3, 0.4) is 0 Å². The first kappa shape index (κ1) is 12.3. The van der Waals surface area contributed by atoms with E-state index in [0.717, 1.165) is 36.8 Å². The van der Waals surface area contributed by atoms with Crippen LogP contribution < -0.4 is 16.0 Å². The van der Waals surface area contributed by atoms with Gasteiger partial charge in [-0.1, -0.05) is 23.5 Å². The van der Waals surface area contributed by atoms with Crippen molar-refractivity contribution in [3.05, 3.63) is 24.3 Å². The molecule has 2 rings (SSSR count). The zero-order valence-electron chi connectivity index (χ0n) is 9.99. The third-order valence-corrected chi connectivity index (χ3v) is 3.42. The van der Waals surface area contributed by atoms with Gasteiger partial charge in [-0.2, -0.15) is 0 Å². The Bertz CT molecular complexity index is 421. The minimum atomic E-state index is 0.906. The normalized spacial score (nSPS) is 10.9. The zero-order valence-corrected chi connectivity index (χ0v) is 10.8. The fourth-order valence-corrected chi connectivity index (χ4v) is 2.44. The molecule has 0 radical (unpaired) electrons. The number of nitrogens with zero attached hydrogens (tertiary/aromatic N) is 1. The number of thiazole rings is 1. The number of hydrogen-bond donors (Lipinski definition) is 3. The van der Waals surface area contributed by atoms with Crippen molar-refractivity contribution in [2.24, 2.45) is 0 Å². The van der Waals surface area contributed by atoms with Crippen molar-refractivity contribution in [1.82, 2.24) is 15.6 Å². The van der Waals surface area contributed by atoms with E-state index in [-0.39, 0.29) is 0 Å². The molecule has 0 fully saturated rings. The molecule has 3 N–H and O–H groups in total. The van der Waals surface area contributed by atoms with E-state index in [0.29, 0.717) is 0 Å². The molecule has 0 bridgehead atoms. The van der Waals surface area contributed by atoms with Crippen LogP contribution in [0, 0.1) is 0 Å². The van der Waals surface area contributed by atoms with E-state index >= 15 is 0 Å².